The number of ether oxygens (including phenoxy) is 1. The van der Waals surface area contributed by atoms with Gasteiger partial charge in [0.2, 0.25) is 5.16 Å². The van der Waals surface area contributed by atoms with Crippen molar-refractivity contribution >= 4 is 17.4 Å². The third-order valence-electron chi connectivity index (χ3n) is 4.46. The number of aromatic nitrogens is 3. The zero-order chi connectivity index (χ0) is 19.7. The molecule has 0 unspecified atom stereocenters. The topological polar surface area (TPSA) is 91.1 Å². The first kappa shape index (κ1) is 18.4. The van der Waals surface area contributed by atoms with E-state index in [9.17, 15) is 9.90 Å². The van der Waals surface area contributed by atoms with E-state index in [0.29, 0.717) is 23.2 Å². The number of H-pyrrole nitrogens is 1. The van der Waals surface area contributed by atoms with Crippen LogP contribution in [0, 0.1) is 0 Å². The molecule has 0 fully saturated rings. The van der Waals surface area contributed by atoms with Crippen LogP contribution in [0.15, 0.2) is 52.4 Å². The van der Waals surface area contributed by atoms with Crippen LogP contribution in [-0.4, -0.2) is 27.5 Å². The molecule has 2 aromatic carbocycles. The Hall–Kier alpha value is -3.00. The minimum Gasteiger partial charge on any atom is -0.504 e. The van der Waals surface area contributed by atoms with E-state index in [0.717, 1.165) is 22.6 Å². The number of fused-ring (bicyclic) bond motifs is 3. The molecule has 0 spiro atoms. The quantitative estimate of drug-likeness (QED) is 0.453. The Bertz CT molecular complexity index is 1080. The number of phenols is 1. The summed E-state index contributed by atoms with van der Waals surface area (Å²) in [6, 6.07) is 12.8. The molecular weight excluding hydrogens is 376 g/mol. The maximum Gasteiger partial charge on any atom is 0.325 e. The minimum absolute atomic E-state index is 0.0770. The molecule has 3 aromatic rings. The standard InChI is InChI=1S/C20H20N4O3S/c1-3-27-16-11-12(9-10-15(16)25)18-21-14-8-6-5-7-13(14)17-19(26)22-20(28-4-2)23-24(17)18/h5-11,18H,3-4H2,1-2H3,(H2,22,23,25,26)/p+1/t18-/m1/s1. The van der Waals surface area contributed by atoms with Crippen LogP contribution in [0.4, 0.5) is 5.69 Å². The van der Waals surface area contributed by atoms with Gasteiger partial charge in [0.1, 0.15) is 0 Å². The Morgan fingerprint density at radius 2 is 2.07 bits per heavy atom. The van der Waals surface area contributed by atoms with E-state index in [4.69, 9.17) is 4.74 Å². The van der Waals surface area contributed by atoms with Gasteiger partial charge in [-0.05, 0) is 47.7 Å². The van der Waals surface area contributed by atoms with Gasteiger partial charge in [-0.1, -0.05) is 30.8 Å². The van der Waals surface area contributed by atoms with Gasteiger partial charge in [0.25, 0.3) is 6.17 Å². The number of phenolic OH excluding ortho intramolecular Hbond substituents is 1. The molecule has 4 rings (SSSR count). The monoisotopic (exact) mass is 397 g/mol. The summed E-state index contributed by atoms with van der Waals surface area (Å²) in [4.78, 5) is 15.8. The summed E-state index contributed by atoms with van der Waals surface area (Å²) in [5, 5.41) is 18.7. The summed E-state index contributed by atoms with van der Waals surface area (Å²) >= 11 is 1.47. The highest BCUT2D eigenvalue weighted by Gasteiger charge is 2.37. The van der Waals surface area contributed by atoms with Gasteiger partial charge in [-0.3, -0.25) is 9.78 Å². The maximum absolute atomic E-state index is 12.9. The second-order valence-electron chi connectivity index (χ2n) is 6.24. The largest absolute Gasteiger partial charge is 0.504 e. The third kappa shape index (κ3) is 3.20. The number of para-hydroxylation sites is 1. The number of nitrogens with zero attached hydrogens (tertiary/aromatic N) is 2. The van der Waals surface area contributed by atoms with Gasteiger partial charge in [0.05, 0.1) is 17.9 Å². The Kier molecular flexibility index (Phi) is 4.95. The molecule has 0 saturated carbocycles. The van der Waals surface area contributed by atoms with Crippen LogP contribution in [0.5, 0.6) is 11.5 Å². The molecule has 0 amide bonds. The van der Waals surface area contributed by atoms with Crippen molar-refractivity contribution in [1.29, 1.82) is 0 Å². The van der Waals surface area contributed by atoms with E-state index in [1.807, 2.05) is 38.1 Å². The SMILES string of the molecule is CCOc1cc([C@@H]2Nc3ccccc3-c3c(=O)[nH]c(SCC)n[n+]32)ccc1O. The lowest BCUT2D eigenvalue weighted by Gasteiger charge is -2.22. The van der Waals surface area contributed by atoms with Crippen LogP contribution >= 0.6 is 11.8 Å². The number of hydrogen-bond acceptors (Lipinski definition) is 6. The van der Waals surface area contributed by atoms with Gasteiger partial charge in [-0.15, -0.1) is 0 Å². The Labute approximate surface area is 166 Å². The smallest absolute Gasteiger partial charge is 0.325 e. The van der Waals surface area contributed by atoms with Crippen molar-refractivity contribution in [3.63, 3.8) is 0 Å². The van der Waals surface area contributed by atoms with Gasteiger partial charge in [-0.25, -0.2) is 0 Å². The summed E-state index contributed by atoms with van der Waals surface area (Å²) in [5.41, 5.74) is 2.78. The average Bonchev–Trinajstić information content (AvgIpc) is 2.69. The normalized spacial score (nSPS) is 14.7. The van der Waals surface area contributed by atoms with Crippen molar-refractivity contribution in [3.8, 4) is 22.8 Å². The number of aromatic hydroxyl groups is 1. The second-order valence-corrected chi connectivity index (χ2v) is 7.49. The fourth-order valence-electron chi connectivity index (χ4n) is 3.29. The van der Waals surface area contributed by atoms with Crippen molar-refractivity contribution in [1.82, 2.24) is 10.1 Å². The van der Waals surface area contributed by atoms with Gasteiger partial charge >= 0.3 is 11.3 Å². The number of benzene rings is 2. The third-order valence-corrected chi connectivity index (χ3v) is 5.21. The summed E-state index contributed by atoms with van der Waals surface area (Å²) < 4.78 is 7.24. The predicted octanol–water partition coefficient (Wildman–Crippen LogP) is 2.91. The predicted molar refractivity (Wildman–Crippen MR) is 108 cm³/mol. The second kappa shape index (κ2) is 7.55. The van der Waals surface area contributed by atoms with Crippen LogP contribution in [0.25, 0.3) is 11.3 Å². The molecule has 7 nitrogen and oxygen atoms in total. The van der Waals surface area contributed by atoms with E-state index in [2.05, 4.69) is 15.4 Å². The Morgan fingerprint density at radius 1 is 1.25 bits per heavy atom. The molecule has 8 heteroatoms. The van der Waals surface area contributed by atoms with E-state index < -0.39 is 6.17 Å². The molecule has 1 aliphatic rings. The van der Waals surface area contributed by atoms with E-state index in [1.165, 1.54) is 11.8 Å². The first-order chi connectivity index (χ1) is 13.6. The first-order valence-corrected chi connectivity index (χ1v) is 10.1. The number of nitrogens with one attached hydrogen (secondary N) is 2. The number of rotatable bonds is 5. The highest BCUT2D eigenvalue weighted by Crippen LogP contribution is 2.34. The number of anilines is 1. The lowest BCUT2D eigenvalue weighted by atomic mass is 10.0. The molecule has 3 N–H and O–H groups in total. The summed E-state index contributed by atoms with van der Waals surface area (Å²) in [7, 11) is 0. The highest BCUT2D eigenvalue weighted by molar-refractivity contribution is 7.99. The van der Waals surface area contributed by atoms with Crippen LogP contribution in [0.1, 0.15) is 25.6 Å². The number of hydrogen-bond donors (Lipinski definition) is 3. The van der Waals surface area contributed by atoms with Crippen LogP contribution in [0.2, 0.25) is 0 Å². The lowest BCUT2D eigenvalue weighted by Crippen LogP contribution is -2.55. The molecule has 144 valence electrons. The van der Waals surface area contributed by atoms with Gasteiger partial charge in [0, 0.05) is 10.7 Å². The molecule has 0 bridgehead atoms. The summed E-state index contributed by atoms with van der Waals surface area (Å²) in [6.07, 6.45) is -0.414. The Morgan fingerprint density at radius 3 is 2.86 bits per heavy atom. The van der Waals surface area contributed by atoms with Crippen molar-refractivity contribution in [2.75, 3.05) is 17.7 Å². The number of thioether (sulfide) groups is 1. The van der Waals surface area contributed by atoms with Crippen LogP contribution < -0.4 is 20.3 Å². The summed E-state index contributed by atoms with van der Waals surface area (Å²) in [6.45, 7) is 4.31. The van der Waals surface area contributed by atoms with E-state index in [1.54, 1.807) is 22.9 Å². The highest BCUT2D eigenvalue weighted by atomic mass is 32.2. The molecule has 0 aliphatic carbocycles. The maximum atomic E-state index is 12.9. The molecule has 28 heavy (non-hydrogen) atoms. The lowest BCUT2D eigenvalue weighted by molar-refractivity contribution is -0.759. The van der Waals surface area contributed by atoms with Gasteiger partial charge in [-0.2, -0.15) is 0 Å². The van der Waals surface area contributed by atoms with Crippen molar-refractivity contribution in [2.45, 2.75) is 25.2 Å². The molecule has 0 radical (unpaired) electrons. The molecule has 2 heterocycles. The number of aromatic amines is 1. The molecule has 0 saturated heterocycles. The molecule has 1 aliphatic heterocycles. The zero-order valence-corrected chi connectivity index (χ0v) is 16.4. The summed E-state index contributed by atoms with van der Waals surface area (Å²) in [5.74, 6) is 1.27. The van der Waals surface area contributed by atoms with E-state index >= 15 is 0 Å². The minimum atomic E-state index is -0.414. The molecule has 1 aromatic heterocycles. The van der Waals surface area contributed by atoms with Crippen LogP contribution in [-0.2, 0) is 0 Å². The van der Waals surface area contributed by atoms with Crippen molar-refractivity contribution in [2.24, 2.45) is 0 Å². The Balaban J connectivity index is 1.91. The fourth-order valence-corrected chi connectivity index (χ4v) is 3.87. The van der Waals surface area contributed by atoms with Gasteiger partial charge < -0.3 is 15.2 Å². The fraction of sp³-hybridized carbons (Fsp3) is 0.250. The molecule has 1 atom stereocenters. The van der Waals surface area contributed by atoms with Crippen molar-refractivity contribution < 1.29 is 14.5 Å². The first-order valence-electron chi connectivity index (χ1n) is 9.13. The zero-order valence-electron chi connectivity index (χ0n) is 15.6. The van der Waals surface area contributed by atoms with E-state index in [-0.39, 0.29) is 11.3 Å². The average molecular weight is 397 g/mol. The van der Waals surface area contributed by atoms with Crippen LogP contribution in [0.3, 0.4) is 0 Å². The van der Waals surface area contributed by atoms with Gasteiger partial charge in [0.15, 0.2) is 11.5 Å². The van der Waals surface area contributed by atoms with Crippen molar-refractivity contribution in [3.05, 3.63) is 58.4 Å². The molecular formula is C20H21N4O3S+.